The van der Waals surface area contributed by atoms with Crippen molar-refractivity contribution in [3.05, 3.63) is 194 Å². The third kappa shape index (κ3) is 5.22. The number of hydrogen-bond acceptors (Lipinski definition) is 6. The van der Waals surface area contributed by atoms with E-state index in [1.165, 1.54) is 31.8 Å². The molecular weight excluding hydrogens is 805 g/mol. The van der Waals surface area contributed by atoms with E-state index >= 15 is 0 Å². The van der Waals surface area contributed by atoms with Crippen LogP contribution in [0.15, 0.2) is 203 Å². The van der Waals surface area contributed by atoms with Gasteiger partial charge in [0.05, 0.1) is 11.0 Å². The molecule has 0 bridgehead atoms. The molecule has 298 valence electrons. The van der Waals surface area contributed by atoms with E-state index in [4.69, 9.17) is 23.8 Å². The molecule has 6 nitrogen and oxygen atoms in total. The fourth-order valence-electron chi connectivity index (χ4n) is 9.81. The largest absolute Gasteiger partial charge is 0.456 e. The zero-order valence-electron chi connectivity index (χ0n) is 34.0. The van der Waals surface area contributed by atoms with E-state index in [-0.39, 0.29) is 0 Å². The van der Waals surface area contributed by atoms with Crippen LogP contribution in [0.25, 0.3) is 137 Å². The van der Waals surface area contributed by atoms with Gasteiger partial charge in [-0.25, -0.2) is 15.0 Å². The summed E-state index contributed by atoms with van der Waals surface area (Å²) in [5, 5.41) is 8.89. The lowest BCUT2D eigenvalue weighted by Gasteiger charge is -2.12. The molecule has 0 aliphatic rings. The van der Waals surface area contributed by atoms with Crippen LogP contribution in [0, 0.1) is 0 Å². The first-order valence-corrected chi connectivity index (χ1v) is 22.2. The maximum absolute atomic E-state index is 6.64. The molecule has 0 fully saturated rings. The molecule has 0 spiro atoms. The second-order valence-corrected chi connectivity index (χ2v) is 17.3. The Morgan fingerprint density at radius 3 is 1.91 bits per heavy atom. The molecule has 9 aromatic carbocycles. The van der Waals surface area contributed by atoms with Crippen molar-refractivity contribution < 1.29 is 8.83 Å². The molecular formula is C57H32N4O2S. The van der Waals surface area contributed by atoms with Crippen molar-refractivity contribution in [1.82, 2.24) is 19.5 Å². The minimum atomic E-state index is 0.561. The molecule has 14 aromatic rings. The average Bonchev–Trinajstić information content (AvgIpc) is 4.12. The quantitative estimate of drug-likeness (QED) is 0.173. The van der Waals surface area contributed by atoms with E-state index in [1.807, 2.05) is 36.4 Å². The summed E-state index contributed by atoms with van der Waals surface area (Å²) in [4.78, 5) is 15.9. The van der Waals surface area contributed by atoms with E-state index in [0.29, 0.717) is 17.5 Å². The SMILES string of the molecule is c1ccc(-n2c3ccccc3c3cccc(-c4ccc5oc6cccc(-c7nc(-c8ccc9c(c8)oc8ccccc89)nc(-c8cccc9c8sc8ccccc89)n7)c6c5c4)c32)cc1. The summed E-state index contributed by atoms with van der Waals surface area (Å²) in [6, 6.07) is 67.9. The van der Waals surface area contributed by atoms with Gasteiger partial charge in [0, 0.05) is 80.4 Å². The second kappa shape index (κ2) is 13.6. The van der Waals surface area contributed by atoms with Crippen LogP contribution in [-0.4, -0.2) is 19.5 Å². The van der Waals surface area contributed by atoms with Crippen molar-refractivity contribution in [2.75, 3.05) is 0 Å². The molecule has 0 atom stereocenters. The van der Waals surface area contributed by atoms with Crippen LogP contribution in [0.5, 0.6) is 0 Å². The topological polar surface area (TPSA) is 69.9 Å². The van der Waals surface area contributed by atoms with Crippen molar-refractivity contribution in [2.45, 2.75) is 0 Å². The lowest BCUT2D eigenvalue weighted by atomic mass is 9.98. The van der Waals surface area contributed by atoms with Crippen LogP contribution in [-0.2, 0) is 0 Å². The highest BCUT2D eigenvalue weighted by Gasteiger charge is 2.22. The zero-order valence-corrected chi connectivity index (χ0v) is 34.8. The fraction of sp³-hybridized carbons (Fsp3) is 0. The Kier molecular flexibility index (Phi) is 7.46. The highest BCUT2D eigenvalue weighted by atomic mass is 32.1. The van der Waals surface area contributed by atoms with Crippen LogP contribution < -0.4 is 0 Å². The predicted molar refractivity (Wildman–Crippen MR) is 263 cm³/mol. The van der Waals surface area contributed by atoms with Crippen LogP contribution in [0.3, 0.4) is 0 Å². The van der Waals surface area contributed by atoms with Gasteiger partial charge < -0.3 is 13.4 Å². The van der Waals surface area contributed by atoms with E-state index in [9.17, 15) is 0 Å². The van der Waals surface area contributed by atoms with Crippen LogP contribution in [0.1, 0.15) is 0 Å². The van der Waals surface area contributed by atoms with Gasteiger partial charge in [0.2, 0.25) is 0 Å². The first-order valence-electron chi connectivity index (χ1n) is 21.3. The number of fused-ring (bicyclic) bond motifs is 12. The number of nitrogens with zero attached hydrogens (tertiary/aromatic N) is 4. The number of benzene rings is 9. The first kappa shape index (κ1) is 35.2. The minimum Gasteiger partial charge on any atom is -0.456 e. The smallest absolute Gasteiger partial charge is 0.165 e. The summed E-state index contributed by atoms with van der Waals surface area (Å²) in [5.41, 5.74) is 11.5. The van der Waals surface area contributed by atoms with Gasteiger partial charge in [0.1, 0.15) is 22.3 Å². The van der Waals surface area contributed by atoms with Gasteiger partial charge in [-0.15, -0.1) is 11.3 Å². The van der Waals surface area contributed by atoms with Crippen molar-refractivity contribution in [3.8, 4) is 51.0 Å². The maximum atomic E-state index is 6.64. The highest BCUT2D eigenvalue weighted by Crippen LogP contribution is 2.44. The monoisotopic (exact) mass is 836 g/mol. The summed E-state index contributed by atoms with van der Waals surface area (Å²) in [6.45, 7) is 0. The Morgan fingerprint density at radius 2 is 1.00 bits per heavy atom. The normalized spacial score (nSPS) is 12.1. The van der Waals surface area contributed by atoms with Crippen molar-refractivity contribution >= 4 is 97.2 Å². The summed E-state index contributed by atoms with van der Waals surface area (Å²) in [6.07, 6.45) is 0. The zero-order chi connectivity index (χ0) is 41.9. The van der Waals surface area contributed by atoms with Gasteiger partial charge in [-0.05, 0) is 72.3 Å². The molecule has 7 heteroatoms. The Bertz CT molecular complexity index is 4210. The Balaban J connectivity index is 1.01. The van der Waals surface area contributed by atoms with Crippen LogP contribution >= 0.6 is 11.3 Å². The van der Waals surface area contributed by atoms with Gasteiger partial charge in [-0.2, -0.15) is 0 Å². The standard InChI is InChI=1S/C57H32N4O2S/c1-2-13-35(14-3-1)61-46-23-7-4-15-37(46)41-19-10-18-36(53(41)61)33-28-30-48-45(31-33)52-43(21-12-25-49(52)62-48)56-58-55(34-27-29-39-38-16-5-8-24-47(38)63-50(39)32-34)59-57(60-56)44-22-11-20-42-40-17-6-9-26-51(40)64-54(42)44/h1-32H. The number of hydrogen-bond donors (Lipinski definition) is 0. The Labute approximate surface area is 368 Å². The van der Waals surface area contributed by atoms with E-state index in [1.54, 1.807) is 11.3 Å². The number of aromatic nitrogens is 4. The van der Waals surface area contributed by atoms with Crippen LogP contribution in [0.4, 0.5) is 0 Å². The number of rotatable bonds is 5. The number of thiophene rings is 1. The lowest BCUT2D eigenvalue weighted by Crippen LogP contribution is -2.00. The van der Waals surface area contributed by atoms with Gasteiger partial charge in [-0.3, -0.25) is 0 Å². The van der Waals surface area contributed by atoms with Gasteiger partial charge in [0.15, 0.2) is 17.5 Å². The Morgan fingerprint density at radius 1 is 0.375 bits per heavy atom. The summed E-state index contributed by atoms with van der Waals surface area (Å²) in [7, 11) is 0. The second-order valence-electron chi connectivity index (χ2n) is 16.3. The third-order valence-electron chi connectivity index (χ3n) is 12.7. The Hall–Kier alpha value is -8.39. The van der Waals surface area contributed by atoms with Crippen molar-refractivity contribution in [1.29, 1.82) is 0 Å². The molecule has 0 saturated heterocycles. The minimum absolute atomic E-state index is 0.561. The molecule has 0 aliphatic heterocycles. The molecule has 0 radical (unpaired) electrons. The van der Waals surface area contributed by atoms with Crippen LogP contribution in [0.2, 0.25) is 0 Å². The molecule has 5 aromatic heterocycles. The molecule has 0 N–H and O–H groups in total. The molecule has 64 heavy (non-hydrogen) atoms. The third-order valence-corrected chi connectivity index (χ3v) is 13.9. The predicted octanol–water partition coefficient (Wildman–Crippen LogP) is 15.8. The molecule has 0 saturated carbocycles. The summed E-state index contributed by atoms with van der Waals surface area (Å²) >= 11 is 1.77. The van der Waals surface area contributed by atoms with Gasteiger partial charge in [0.25, 0.3) is 0 Å². The average molecular weight is 837 g/mol. The maximum Gasteiger partial charge on any atom is 0.165 e. The first-order chi connectivity index (χ1) is 31.7. The molecule has 0 unspecified atom stereocenters. The molecule has 0 amide bonds. The summed E-state index contributed by atoms with van der Waals surface area (Å²) < 4.78 is 17.8. The van der Waals surface area contributed by atoms with E-state index in [2.05, 4.69) is 162 Å². The highest BCUT2D eigenvalue weighted by molar-refractivity contribution is 7.26. The lowest BCUT2D eigenvalue weighted by molar-refractivity contribution is 0.668. The summed E-state index contributed by atoms with van der Waals surface area (Å²) in [5.74, 6) is 1.73. The molecule has 0 aliphatic carbocycles. The van der Waals surface area contributed by atoms with Crippen molar-refractivity contribution in [2.24, 2.45) is 0 Å². The number of furan rings is 2. The fourth-order valence-corrected chi connectivity index (χ4v) is 11.0. The molecule has 14 rings (SSSR count). The van der Waals surface area contributed by atoms with Gasteiger partial charge >= 0.3 is 0 Å². The number of para-hydroxylation sites is 4. The van der Waals surface area contributed by atoms with Crippen molar-refractivity contribution in [3.63, 3.8) is 0 Å². The van der Waals surface area contributed by atoms with Gasteiger partial charge in [-0.1, -0.05) is 127 Å². The van der Waals surface area contributed by atoms with E-state index < -0.39 is 0 Å². The molecule has 5 heterocycles. The van der Waals surface area contributed by atoms with E-state index in [0.717, 1.165) is 87.6 Å².